The summed E-state index contributed by atoms with van der Waals surface area (Å²) in [6.07, 6.45) is -7.12. The Morgan fingerprint density at radius 1 is 0.775 bits per heavy atom. The molecule has 0 amide bonds. The zero-order valence-electron chi connectivity index (χ0n) is 23.1. The van der Waals surface area contributed by atoms with E-state index >= 15 is 0 Å². The summed E-state index contributed by atoms with van der Waals surface area (Å²) < 4.78 is 61.8. The molecule has 2 unspecified atom stereocenters. The minimum atomic E-state index is -5.30. The molecule has 0 aliphatic heterocycles. The molecule has 3 aromatic carbocycles. The van der Waals surface area contributed by atoms with Crippen LogP contribution in [-0.4, -0.2) is 30.3 Å². The second-order valence-electron chi connectivity index (χ2n) is 10.3. The van der Waals surface area contributed by atoms with Crippen LogP contribution in [0.5, 0.6) is 11.5 Å². The molecule has 0 aromatic heterocycles. The van der Waals surface area contributed by atoms with Gasteiger partial charge in [0.15, 0.2) is 6.10 Å². The number of rotatable bonds is 10. The monoisotopic (exact) mass is 558 g/mol. The summed E-state index contributed by atoms with van der Waals surface area (Å²) in [4.78, 5) is 25.3. The first kappa shape index (κ1) is 30.5. The number of esters is 2. The van der Waals surface area contributed by atoms with Crippen molar-refractivity contribution >= 4 is 11.9 Å². The maximum atomic E-state index is 13.3. The van der Waals surface area contributed by atoms with Gasteiger partial charge in [0.2, 0.25) is 5.60 Å². The van der Waals surface area contributed by atoms with Gasteiger partial charge in [0.05, 0.1) is 6.61 Å². The highest BCUT2D eigenvalue weighted by atomic mass is 19.4. The van der Waals surface area contributed by atoms with E-state index in [1.807, 2.05) is 51.1 Å². The van der Waals surface area contributed by atoms with Crippen molar-refractivity contribution in [2.45, 2.75) is 64.5 Å². The number of carbonyl (C=O) groups is 2. The van der Waals surface area contributed by atoms with Gasteiger partial charge in [0.1, 0.15) is 18.1 Å². The topological polar surface area (TPSA) is 71.1 Å². The van der Waals surface area contributed by atoms with Gasteiger partial charge in [0, 0.05) is 0 Å². The zero-order valence-corrected chi connectivity index (χ0v) is 23.1. The van der Waals surface area contributed by atoms with Crippen molar-refractivity contribution in [1.82, 2.24) is 0 Å². The summed E-state index contributed by atoms with van der Waals surface area (Å²) in [6.45, 7) is 9.03. The van der Waals surface area contributed by atoms with E-state index in [2.05, 4.69) is 0 Å². The van der Waals surface area contributed by atoms with Gasteiger partial charge in [-0.3, -0.25) is 0 Å². The lowest BCUT2D eigenvalue weighted by Crippen LogP contribution is -2.50. The third-order valence-corrected chi connectivity index (χ3v) is 6.12. The maximum Gasteiger partial charge on any atom is 0.490 e. The molecule has 0 fully saturated rings. The van der Waals surface area contributed by atoms with Crippen molar-refractivity contribution < 1.29 is 41.7 Å². The van der Waals surface area contributed by atoms with E-state index < -0.39 is 29.8 Å². The normalized spacial score (nSPS) is 14.0. The molecule has 0 saturated carbocycles. The molecule has 0 aliphatic rings. The SMILES string of the molecule is CCOC(=O)C(C)(Oc1ccc(C(C)(C)C)cc1)C(OC(=O)C(F)(F)F)c1ccc(OCc2ccccc2)cc1. The Labute approximate surface area is 232 Å². The van der Waals surface area contributed by atoms with Gasteiger partial charge in [-0.1, -0.05) is 75.4 Å². The van der Waals surface area contributed by atoms with Crippen LogP contribution in [0.3, 0.4) is 0 Å². The minimum absolute atomic E-state index is 0.0755. The summed E-state index contributed by atoms with van der Waals surface area (Å²) in [5.74, 6) is -2.87. The number of benzene rings is 3. The summed E-state index contributed by atoms with van der Waals surface area (Å²) in [7, 11) is 0. The van der Waals surface area contributed by atoms with Crippen molar-refractivity contribution in [2.75, 3.05) is 6.61 Å². The quantitative estimate of drug-likeness (QED) is 0.247. The van der Waals surface area contributed by atoms with E-state index in [9.17, 15) is 22.8 Å². The van der Waals surface area contributed by atoms with Crippen LogP contribution >= 0.6 is 0 Å². The highest BCUT2D eigenvalue weighted by Gasteiger charge is 2.52. The van der Waals surface area contributed by atoms with Crippen molar-refractivity contribution in [2.24, 2.45) is 0 Å². The number of alkyl halides is 3. The van der Waals surface area contributed by atoms with Crippen molar-refractivity contribution in [3.63, 3.8) is 0 Å². The minimum Gasteiger partial charge on any atom is -0.489 e. The van der Waals surface area contributed by atoms with Gasteiger partial charge in [-0.15, -0.1) is 0 Å². The molecule has 0 saturated heterocycles. The Bertz CT molecular complexity index is 1270. The lowest BCUT2D eigenvalue weighted by Gasteiger charge is -2.35. The highest BCUT2D eigenvalue weighted by molar-refractivity contribution is 5.82. The Morgan fingerprint density at radius 2 is 1.35 bits per heavy atom. The highest BCUT2D eigenvalue weighted by Crippen LogP contribution is 2.38. The van der Waals surface area contributed by atoms with Crippen LogP contribution in [0.2, 0.25) is 0 Å². The molecule has 0 radical (unpaired) electrons. The first-order chi connectivity index (χ1) is 18.7. The predicted octanol–water partition coefficient (Wildman–Crippen LogP) is 7.11. The zero-order chi connectivity index (χ0) is 29.6. The molecule has 0 bridgehead atoms. The Morgan fingerprint density at radius 3 is 1.88 bits per heavy atom. The van der Waals surface area contributed by atoms with Crippen LogP contribution in [0.4, 0.5) is 13.2 Å². The summed E-state index contributed by atoms with van der Waals surface area (Å²) in [6, 6.07) is 22.0. The van der Waals surface area contributed by atoms with Gasteiger partial charge in [-0.25, -0.2) is 9.59 Å². The van der Waals surface area contributed by atoms with Gasteiger partial charge >= 0.3 is 18.1 Å². The number of hydrogen-bond acceptors (Lipinski definition) is 6. The van der Waals surface area contributed by atoms with Gasteiger partial charge in [0.25, 0.3) is 0 Å². The van der Waals surface area contributed by atoms with Gasteiger partial charge in [-0.2, -0.15) is 13.2 Å². The molecule has 0 heterocycles. The first-order valence-electron chi connectivity index (χ1n) is 12.8. The van der Waals surface area contributed by atoms with Crippen molar-refractivity contribution in [1.29, 1.82) is 0 Å². The lowest BCUT2D eigenvalue weighted by atomic mass is 9.87. The molecular weight excluding hydrogens is 525 g/mol. The van der Waals surface area contributed by atoms with Crippen LogP contribution in [0, 0.1) is 0 Å². The Balaban J connectivity index is 1.98. The third-order valence-electron chi connectivity index (χ3n) is 6.12. The molecule has 0 aliphatic carbocycles. The van der Waals surface area contributed by atoms with E-state index in [-0.39, 0.29) is 29.9 Å². The number of carbonyl (C=O) groups excluding carboxylic acids is 2. The van der Waals surface area contributed by atoms with E-state index in [0.29, 0.717) is 5.75 Å². The number of hydrogen-bond donors (Lipinski definition) is 0. The standard InChI is InChI=1S/C31H33F3O6/c1-6-37-27(35)30(5,40-25-18-14-23(15-19-25)29(2,3)4)26(39-28(36)31(32,33)34)22-12-16-24(17-13-22)38-20-21-10-8-7-9-11-21/h7-19,26H,6,20H2,1-5H3. The Kier molecular flexibility index (Phi) is 9.50. The lowest BCUT2D eigenvalue weighted by molar-refractivity contribution is -0.216. The average Bonchev–Trinajstić information content (AvgIpc) is 2.90. The van der Waals surface area contributed by atoms with Crippen LogP contribution in [0.15, 0.2) is 78.9 Å². The molecular formula is C31H33F3O6. The van der Waals surface area contributed by atoms with Crippen molar-refractivity contribution in [3.05, 3.63) is 95.6 Å². The molecule has 214 valence electrons. The smallest absolute Gasteiger partial charge is 0.489 e. The fourth-order valence-electron chi connectivity index (χ4n) is 3.90. The molecule has 3 rings (SSSR count). The molecule has 0 N–H and O–H groups in total. The number of halogens is 3. The summed E-state index contributed by atoms with van der Waals surface area (Å²) in [5.41, 5.74) is -0.371. The predicted molar refractivity (Wildman–Crippen MR) is 143 cm³/mol. The van der Waals surface area contributed by atoms with Crippen LogP contribution in [0.25, 0.3) is 0 Å². The molecule has 2 atom stereocenters. The van der Waals surface area contributed by atoms with E-state index in [4.69, 9.17) is 18.9 Å². The summed E-state index contributed by atoms with van der Waals surface area (Å²) in [5, 5.41) is 0. The number of ether oxygens (including phenoxy) is 4. The van der Waals surface area contributed by atoms with E-state index in [0.717, 1.165) is 11.1 Å². The van der Waals surface area contributed by atoms with Gasteiger partial charge < -0.3 is 18.9 Å². The molecule has 40 heavy (non-hydrogen) atoms. The van der Waals surface area contributed by atoms with Gasteiger partial charge in [-0.05, 0) is 60.2 Å². The first-order valence-corrected chi connectivity index (χ1v) is 12.8. The summed E-state index contributed by atoms with van der Waals surface area (Å²) >= 11 is 0. The maximum absolute atomic E-state index is 13.3. The molecule has 9 heteroatoms. The molecule has 3 aromatic rings. The second kappa shape index (κ2) is 12.4. The largest absolute Gasteiger partial charge is 0.490 e. The van der Waals surface area contributed by atoms with Crippen LogP contribution in [-0.2, 0) is 31.1 Å². The molecule has 0 spiro atoms. The fraction of sp³-hybridized carbons (Fsp3) is 0.355. The average molecular weight is 559 g/mol. The van der Waals surface area contributed by atoms with E-state index in [1.165, 1.54) is 31.2 Å². The van der Waals surface area contributed by atoms with Crippen molar-refractivity contribution in [3.8, 4) is 11.5 Å². The van der Waals surface area contributed by atoms with Crippen LogP contribution < -0.4 is 9.47 Å². The third kappa shape index (κ3) is 7.77. The second-order valence-corrected chi connectivity index (χ2v) is 10.3. The molecule has 6 nitrogen and oxygen atoms in total. The Hall–Kier alpha value is -4.01. The van der Waals surface area contributed by atoms with Crippen LogP contribution in [0.1, 0.15) is 57.4 Å². The fourth-order valence-corrected chi connectivity index (χ4v) is 3.90. The van der Waals surface area contributed by atoms with E-state index in [1.54, 1.807) is 31.2 Å².